The molecule has 0 bridgehead atoms. The lowest BCUT2D eigenvalue weighted by atomic mass is 10.0. The first-order valence-corrected chi connectivity index (χ1v) is 11.0. The fourth-order valence-corrected chi connectivity index (χ4v) is 4.02. The number of ether oxygens (including phenoxy) is 1. The van der Waals surface area contributed by atoms with Crippen LogP contribution in [-0.2, 0) is 0 Å². The van der Waals surface area contributed by atoms with Crippen molar-refractivity contribution in [2.45, 2.75) is 13.8 Å². The molecule has 0 fully saturated rings. The first-order valence-electron chi connectivity index (χ1n) is 11.0. The van der Waals surface area contributed by atoms with Crippen molar-refractivity contribution in [2.24, 2.45) is 0 Å². The molecule has 0 atom stereocenters. The van der Waals surface area contributed by atoms with Crippen molar-refractivity contribution in [2.75, 3.05) is 18.6 Å². The van der Waals surface area contributed by atoms with Crippen LogP contribution >= 0.6 is 0 Å². The summed E-state index contributed by atoms with van der Waals surface area (Å²) in [6, 6.07) is 24.6. The van der Waals surface area contributed by atoms with Gasteiger partial charge in [0.25, 0.3) is 0 Å². The van der Waals surface area contributed by atoms with Gasteiger partial charge in [0.1, 0.15) is 5.75 Å². The molecule has 164 valence electrons. The maximum Gasteiger partial charge on any atom is 0.150 e. The van der Waals surface area contributed by atoms with Crippen molar-refractivity contribution in [1.82, 2.24) is 14.9 Å². The van der Waals surface area contributed by atoms with Gasteiger partial charge in [-0.3, -0.25) is 9.97 Å². The molecular weight excluding hydrogens is 408 g/mol. The summed E-state index contributed by atoms with van der Waals surface area (Å²) in [5, 5.41) is 0. The van der Waals surface area contributed by atoms with E-state index < -0.39 is 0 Å². The molecule has 5 heteroatoms. The highest BCUT2D eigenvalue weighted by Crippen LogP contribution is 2.33. The summed E-state index contributed by atoms with van der Waals surface area (Å²) < 4.78 is 6.31. The Balaban J connectivity index is 1.44. The van der Waals surface area contributed by atoms with Gasteiger partial charge in [0.2, 0.25) is 0 Å². The second-order valence-corrected chi connectivity index (χ2v) is 8.27. The first kappa shape index (κ1) is 20.8. The molecule has 0 N–H and O–H groups in total. The van der Waals surface area contributed by atoms with Gasteiger partial charge < -0.3 is 14.5 Å². The fourth-order valence-electron chi connectivity index (χ4n) is 4.02. The topological polar surface area (TPSA) is 41.5 Å². The number of hydrogen-bond donors (Lipinski definition) is 0. The average Bonchev–Trinajstić information content (AvgIpc) is 3.27. The summed E-state index contributed by atoms with van der Waals surface area (Å²) >= 11 is 0. The molecule has 0 radical (unpaired) electrons. The van der Waals surface area contributed by atoms with Crippen LogP contribution in [0.4, 0.5) is 5.69 Å². The summed E-state index contributed by atoms with van der Waals surface area (Å²) in [6.45, 7) is 4.81. The maximum atomic E-state index is 6.31. The molecular formula is C28H26N4O. The van der Waals surface area contributed by atoms with Gasteiger partial charge in [-0.1, -0.05) is 42.5 Å². The van der Waals surface area contributed by atoms with Gasteiger partial charge in [-0.15, -0.1) is 0 Å². The molecule has 5 nitrogen and oxygen atoms in total. The number of nitrogens with zero attached hydrogens (tertiary/aromatic N) is 4. The molecule has 33 heavy (non-hydrogen) atoms. The predicted octanol–water partition coefficient (Wildman–Crippen LogP) is 6.40. The average molecular weight is 435 g/mol. The second kappa shape index (κ2) is 8.79. The third-order valence-electron chi connectivity index (χ3n) is 5.74. The van der Waals surface area contributed by atoms with Crippen molar-refractivity contribution in [3.05, 3.63) is 103 Å². The van der Waals surface area contributed by atoms with Crippen LogP contribution in [0.3, 0.4) is 0 Å². The Morgan fingerprint density at radius 2 is 1.61 bits per heavy atom. The van der Waals surface area contributed by atoms with Crippen LogP contribution in [0.5, 0.6) is 11.5 Å². The minimum atomic E-state index is 0.752. The van der Waals surface area contributed by atoms with E-state index in [2.05, 4.69) is 64.6 Å². The van der Waals surface area contributed by atoms with E-state index in [4.69, 9.17) is 9.72 Å². The van der Waals surface area contributed by atoms with Crippen LogP contribution in [0.2, 0.25) is 0 Å². The largest absolute Gasteiger partial charge is 0.455 e. The SMILES string of the molecule is Cc1nc(C)c(N2C=CN(C)C2)cc1Oc1cccc(-c2cc(-c3ccccc3)ccn2)c1. The zero-order chi connectivity index (χ0) is 22.8. The summed E-state index contributed by atoms with van der Waals surface area (Å²) in [4.78, 5) is 13.6. The normalized spacial score (nSPS) is 12.9. The molecule has 0 amide bonds. The highest BCUT2D eigenvalue weighted by atomic mass is 16.5. The van der Waals surface area contributed by atoms with Gasteiger partial charge in [0.05, 0.1) is 29.4 Å². The maximum absolute atomic E-state index is 6.31. The summed E-state index contributed by atoms with van der Waals surface area (Å²) in [7, 11) is 2.05. The van der Waals surface area contributed by atoms with Crippen LogP contribution in [0.25, 0.3) is 22.4 Å². The minimum Gasteiger partial charge on any atom is -0.455 e. The quantitative estimate of drug-likeness (QED) is 0.363. The van der Waals surface area contributed by atoms with Gasteiger partial charge in [-0.05, 0) is 49.2 Å². The van der Waals surface area contributed by atoms with Crippen molar-refractivity contribution < 1.29 is 4.74 Å². The standard InChI is InChI=1S/C28H26N4O/c1-20-27(32-15-14-31(3)19-32)18-28(21(2)30-20)33-25-11-7-10-24(16-25)26-17-23(12-13-29-26)22-8-5-4-6-9-22/h4-18H,19H2,1-3H3. The number of aromatic nitrogens is 2. The lowest BCUT2D eigenvalue weighted by Gasteiger charge is -2.21. The number of hydrogen-bond acceptors (Lipinski definition) is 5. The van der Waals surface area contributed by atoms with E-state index in [9.17, 15) is 0 Å². The smallest absolute Gasteiger partial charge is 0.150 e. The molecule has 0 aliphatic carbocycles. The monoisotopic (exact) mass is 434 g/mol. The molecule has 0 spiro atoms. The van der Waals surface area contributed by atoms with Crippen molar-refractivity contribution >= 4 is 5.69 Å². The third-order valence-corrected chi connectivity index (χ3v) is 5.74. The molecule has 0 saturated carbocycles. The number of rotatable bonds is 5. The van der Waals surface area contributed by atoms with E-state index in [0.717, 1.165) is 52.1 Å². The van der Waals surface area contributed by atoms with Crippen LogP contribution in [0.15, 0.2) is 91.4 Å². The van der Waals surface area contributed by atoms with E-state index >= 15 is 0 Å². The summed E-state index contributed by atoms with van der Waals surface area (Å²) in [5.74, 6) is 1.51. The van der Waals surface area contributed by atoms with Gasteiger partial charge in [-0.2, -0.15) is 0 Å². The van der Waals surface area contributed by atoms with Crippen molar-refractivity contribution in [1.29, 1.82) is 0 Å². The van der Waals surface area contributed by atoms with E-state index in [1.54, 1.807) is 0 Å². The molecule has 0 unspecified atom stereocenters. The van der Waals surface area contributed by atoms with Crippen molar-refractivity contribution in [3.8, 4) is 33.9 Å². The van der Waals surface area contributed by atoms with Gasteiger partial charge in [-0.25, -0.2) is 0 Å². The molecule has 2 aromatic heterocycles. The molecule has 1 aliphatic rings. The van der Waals surface area contributed by atoms with E-state index in [1.165, 1.54) is 5.56 Å². The summed E-state index contributed by atoms with van der Waals surface area (Å²) in [5.41, 5.74) is 7.11. The zero-order valence-corrected chi connectivity index (χ0v) is 19.1. The lowest BCUT2D eigenvalue weighted by molar-refractivity contribution is 0.473. The minimum absolute atomic E-state index is 0.752. The van der Waals surface area contributed by atoms with Gasteiger partial charge in [0, 0.05) is 37.3 Å². The second-order valence-electron chi connectivity index (χ2n) is 8.27. The number of pyridine rings is 2. The Kier molecular flexibility index (Phi) is 5.53. The molecule has 0 saturated heterocycles. The molecule has 2 aromatic carbocycles. The number of aryl methyl sites for hydroxylation is 2. The van der Waals surface area contributed by atoms with Crippen LogP contribution in [-0.4, -0.2) is 28.6 Å². The van der Waals surface area contributed by atoms with Crippen LogP contribution in [0.1, 0.15) is 11.4 Å². The molecule has 3 heterocycles. The fraction of sp³-hybridized carbons (Fsp3) is 0.143. The molecule has 1 aliphatic heterocycles. The molecule has 4 aromatic rings. The summed E-state index contributed by atoms with van der Waals surface area (Å²) in [6.07, 6.45) is 5.97. The van der Waals surface area contributed by atoms with Crippen LogP contribution in [0, 0.1) is 13.8 Å². The number of anilines is 1. The van der Waals surface area contributed by atoms with E-state index in [0.29, 0.717) is 0 Å². The highest BCUT2D eigenvalue weighted by Gasteiger charge is 2.17. The Hall–Kier alpha value is -4.12. The van der Waals surface area contributed by atoms with E-state index in [-0.39, 0.29) is 0 Å². The number of benzene rings is 2. The molecule has 5 rings (SSSR count). The third kappa shape index (κ3) is 4.44. The Morgan fingerprint density at radius 3 is 2.39 bits per heavy atom. The lowest BCUT2D eigenvalue weighted by Crippen LogP contribution is -2.22. The predicted molar refractivity (Wildman–Crippen MR) is 133 cm³/mol. The van der Waals surface area contributed by atoms with Gasteiger partial charge in [0.15, 0.2) is 5.75 Å². The Labute approximate surface area is 194 Å². The Bertz CT molecular complexity index is 1320. The first-order chi connectivity index (χ1) is 16.1. The van der Waals surface area contributed by atoms with Gasteiger partial charge >= 0.3 is 0 Å². The Morgan fingerprint density at radius 1 is 0.788 bits per heavy atom. The van der Waals surface area contributed by atoms with E-state index in [1.807, 2.05) is 62.5 Å². The highest BCUT2D eigenvalue weighted by molar-refractivity contribution is 5.71. The van der Waals surface area contributed by atoms with Crippen LogP contribution < -0.4 is 9.64 Å². The van der Waals surface area contributed by atoms with Crippen molar-refractivity contribution in [3.63, 3.8) is 0 Å². The zero-order valence-electron chi connectivity index (χ0n) is 19.1.